The molecule has 0 aromatic heterocycles. The van der Waals surface area contributed by atoms with Gasteiger partial charge in [-0.05, 0) is 32.8 Å². The van der Waals surface area contributed by atoms with Crippen LogP contribution < -0.4 is 10.6 Å². The molecule has 0 bridgehead atoms. The van der Waals surface area contributed by atoms with Gasteiger partial charge in [0.2, 0.25) is 11.8 Å². The molecule has 1 aliphatic rings. The number of hydrogen-bond donors (Lipinski definition) is 4. The minimum Gasteiger partial charge on any atom is -0.394 e. The molecule has 2 amide bonds. The summed E-state index contributed by atoms with van der Waals surface area (Å²) >= 11 is 0. The first kappa shape index (κ1) is 23.3. The molecular formula is C21H32N2O6. The van der Waals surface area contributed by atoms with Crippen LogP contribution in [0.1, 0.15) is 33.3 Å². The van der Waals surface area contributed by atoms with Crippen molar-refractivity contribution >= 4 is 11.8 Å². The van der Waals surface area contributed by atoms with Gasteiger partial charge in [-0.3, -0.25) is 9.59 Å². The zero-order valence-electron chi connectivity index (χ0n) is 17.4. The van der Waals surface area contributed by atoms with Crippen LogP contribution in [0.15, 0.2) is 30.3 Å². The van der Waals surface area contributed by atoms with E-state index in [2.05, 4.69) is 10.6 Å². The fourth-order valence-corrected chi connectivity index (χ4v) is 3.56. The molecular weight excluding hydrogens is 376 g/mol. The summed E-state index contributed by atoms with van der Waals surface area (Å²) in [6.45, 7) is 6.18. The Morgan fingerprint density at radius 3 is 2.48 bits per heavy atom. The van der Waals surface area contributed by atoms with Crippen LogP contribution in [0.25, 0.3) is 0 Å². The summed E-state index contributed by atoms with van der Waals surface area (Å²) in [7, 11) is 0. The molecule has 1 saturated heterocycles. The van der Waals surface area contributed by atoms with Crippen molar-refractivity contribution in [3.8, 4) is 0 Å². The van der Waals surface area contributed by atoms with Crippen molar-refractivity contribution < 1.29 is 29.3 Å². The Morgan fingerprint density at radius 1 is 1.24 bits per heavy atom. The lowest BCUT2D eigenvalue weighted by Crippen LogP contribution is -2.65. The Balaban J connectivity index is 2.01. The predicted octanol–water partition coefficient (Wildman–Crippen LogP) is 0.153. The van der Waals surface area contributed by atoms with E-state index in [0.29, 0.717) is 6.42 Å². The van der Waals surface area contributed by atoms with Crippen LogP contribution in [-0.4, -0.2) is 71.2 Å². The summed E-state index contributed by atoms with van der Waals surface area (Å²) in [4.78, 5) is 24.2. The second-order valence-electron chi connectivity index (χ2n) is 7.62. The normalized spacial score (nSPS) is 29.0. The van der Waals surface area contributed by atoms with Gasteiger partial charge in [0.1, 0.15) is 24.4 Å². The summed E-state index contributed by atoms with van der Waals surface area (Å²) in [6, 6.07) is 9.07. The fraction of sp³-hybridized carbons (Fsp3) is 0.619. The number of aliphatic hydroxyl groups excluding tert-OH is 2. The maximum atomic E-state index is 12.6. The van der Waals surface area contributed by atoms with Crippen LogP contribution in [0.3, 0.4) is 0 Å². The molecule has 2 rings (SSSR count). The zero-order chi connectivity index (χ0) is 21.6. The van der Waals surface area contributed by atoms with Crippen molar-refractivity contribution in [2.45, 2.75) is 76.7 Å². The van der Waals surface area contributed by atoms with Gasteiger partial charge in [-0.25, -0.2) is 0 Å². The van der Waals surface area contributed by atoms with E-state index in [4.69, 9.17) is 9.47 Å². The number of amides is 2. The molecule has 8 heteroatoms. The van der Waals surface area contributed by atoms with E-state index in [0.717, 1.165) is 5.56 Å². The maximum absolute atomic E-state index is 12.6. The van der Waals surface area contributed by atoms with Gasteiger partial charge in [0.25, 0.3) is 0 Å². The molecule has 29 heavy (non-hydrogen) atoms. The Morgan fingerprint density at radius 2 is 1.90 bits per heavy atom. The molecule has 1 heterocycles. The first-order chi connectivity index (χ1) is 13.7. The molecule has 0 radical (unpaired) electrons. The van der Waals surface area contributed by atoms with Crippen molar-refractivity contribution in [2.24, 2.45) is 0 Å². The first-order valence-electron chi connectivity index (χ1n) is 9.94. The number of carbonyl (C=O) groups is 2. The average molecular weight is 408 g/mol. The van der Waals surface area contributed by atoms with Gasteiger partial charge in [0.15, 0.2) is 0 Å². The third kappa shape index (κ3) is 6.50. The van der Waals surface area contributed by atoms with E-state index in [1.54, 1.807) is 13.8 Å². The number of aliphatic hydroxyl groups is 2. The lowest BCUT2D eigenvalue weighted by atomic mass is 9.93. The van der Waals surface area contributed by atoms with E-state index in [1.165, 1.54) is 6.92 Å². The molecule has 1 aliphatic heterocycles. The first-order valence-corrected chi connectivity index (χ1v) is 9.94. The summed E-state index contributed by atoms with van der Waals surface area (Å²) in [5.41, 5.74) is 1.11. The third-order valence-electron chi connectivity index (χ3n) is 5.02. The highest BCUT2D eigenvalue weighted by Crippen LogP contribution is 2.24. The molecule has 0 saturated carbocycles. The second kappa shape index (κ2) is 10.7. The summed E-state index contributed by atoms with van der Waals surface area (Å²) in [5, 5.41) is 25.6. The maximum Gasteiger partial charge on any atom is 0.249 e. The fourth-order valence-electron chi connectivity index (χ4n) is 3.56. The highest BCUT2D eigenvalue weighted by molar-refractivity contribution is 5.80. The van der Waals surface area contributed by atoms with Crippen LogP contribution in [0.4, 0.5) is 0 Å². The van der Waals surface area contributed by atoms with Crippen molar-refractivity contribution in [2.75, 3.05) is 6.61 Å². The molecule has 4 N–H and O–H groups in total. The van der Waals surface area contributed by atoms with Gasteiger partial charge >= 0.3 is 0 Å². The van der Waals surface area contributed by atoms with Crippen LogP contribution in [0, 0.1) is 0 Å². The molecule has 1 aromatic rings. The zero-order valence-corrected chi connectivity index (χ0v) is 17.4. The summed E-state index contributed by atoms with van der Waals surface area (Å²) in [6.07, 6.45) is -3.63. The van der Waals surface area contributed by atoms with Gasteiger partial charge in [-0.1, -0.05) is 30.3 Å². The van der Waals surface area contributed by atoms with Gasteiger partial charge in [-0.2, -0.15) is 0 Å². The minimum atomic E-state index is -1.19. The lowest BCUT2D eigenvalue weighted by Gasteiger charge is -2.44. The molecule has 7 atom stereocenters. The van der Waals surface area contributed by atoms with Crippen molar-refractivity contribution in [3.05, 3.63) is 35.9 Å². The quantitative estimate of drug-likeness (QED) is 0.487. The van der Waals surface area contributed by atoms with Crippen LogP contribution in [0.2, 0.25) is 0 Å². The largest absolute Gasteiger partial charge is 0.394 e. The smallest absolute Gasteiger partial charge is 0.249 e. The molecule has 3 unspecified atom stereocenters. The molecule has 1 aromatic carbocycles. The third-order valence-corrected chi connectivity index (χ3v) is 5.02. The van der Waals surface area contributed by atoms with E-state index in [9.17, 15) is 19.8 Å². The topological polar surface area (TPSA) is 117 Å². The van der Waals surface area contributed by atoms with Crippen LogP contribution in [-0.2, 0) is 25.5 Å². The standard InChI is InChI=1S/C21H32N2O6/c1-12(10-16-8-6-5-7-9-16)22-21(27)14(3)29-20-18(23-15(4)25)13(2)28-17(11-24)19(20)26/h5-9,12-14,17-20,24,26H,10-11H2,1-4H3,(H,22,27)(H,23,25)/t12-,13?,14-,17?,18?,19+,20+/m0/s1. The Hall–Kier alpha value is -2.00. The highest BCUT2D eigenvalue weighted by Gasteiger charge is 2.45. The second-order valence-corrected chi connectivity index (χ2v) is 7.62. The van der Waals surface area contributed by atoms with Gasteiger partial charge in [0, 0.05) is 13.0 Å². The van der Waals surface area contributed by atoms with Gasteiger partial charge in [0.05, 0.1) is 18.8 Å². The molecule has 0 aliphatic carbocycles. The van der Waals surface area contributed by atoms with E-state index >= 15 is 0 Å². The summed E-state index contributed by atoms with van der Waals surface area (Å²) in [5.74, 6) is -0.621. The average Bonchev–Trinajstić information content (AvgIpc) is 2.67. The Kier molecular flexibility index (Phi) is 8.58. The predicted molar refractivity (Wildman–Crippen MR) is 107 cm³/mol. The van der Waals surface area contributed by atoms with E-state index in [-0.39, 0.29) is 17.9 Å². The van der Waals surface area contributed by atoms with Crippen molar-refractivity contribution in [1.82, 2.24) is 10.6 Å². The van der Waals surface area contributed by atoms with Gasteiger partial charge < -0.3 is 30.3 Å². The van der Waals surface area contributed by atoms with Crippen LogP contribution >= 0.6 is 0 Å². The summed E-state index contributed by atoms with van der Waals surface area (Å²) < 4.78 is 11.4. The molecule has 8 nitrogen and oxygen atoms in total. The van der Waals surface area contributed by atoms with Crippen molar-refractivity contribution in [1.29, 1.82) is 0 Å². The Labute approximate surface area is 171 Å². The molecule has 162 valence electrons. The number of hydrogen-bond acceptors (Lipinski definition) is 6. The Bertz CT molecular complexity index is 670. The van der Waals surface area contributed by atoms with Crippen molar-refractivity contribution in [3.63, 3.8) is 0 Å². The van der Waals surface area contributed by atoms with E-state index < -0.39 is 43.2 Å². The highest BCUT2D eigenvalue weighted by atomic mass is 16.6. The molecule has 0 spiro atoms. The number of carbonyl (C=O) groups excluding carboxylic acids is 2. The SMILES string of the molecule is CC(=O)NC1C(C)OC(CO)[C@@H](O)[C@@H]1O[C@@H](C)C(=O)N[C@@H](C)Cc1ccccc1. The van der Waals surface area contributed by atoms with E-state index in [1.807, 2.05) is 37.3 Å². The number of ether oxygens (including phenoxy) is 2. The monoisotopic (exact) mass is 408 g/mol. The number of benzene rings is 1. The molecule has 1 fully saturated rings. The number of rotatable bonds is 8. The minimum absolute atomic E-state index is 0.106. The lowest BCUT2D eigenvalue weighted by molar-refractivity contribution is -0.213. The van der Waals surface area contributed by atoms with Crippen LogP contribution in [0.5, 0.6) is 0 Å². The van der Waals surface area contributed by atoms with Gasteiger partial charge in [-0.15, -0.1) is 0 Å². The number of nitrogens with one attached hydrogen (secondary N) is 2.